The molecule has 2 amide bonds. The number of amides is 2. The van der Waals surface area contributed by atoms with Crippen molar-refractivity contribution in [1.29, 1.82) is 0 Å². The lowest BCUT2D eigenvalue weighted by Crippen LogP contribution is -2.39. The van der Waals surface area contributed by atoms with Crippen LogP contribution in [0.25, 0.3) is 0 Å². The average molecular weight is 270 g/mol. The Morgan fingerprint density at radius 3 is 2.11 bits per heavy atom. The van der Waals surface area contributed by atoms with E-state index in [1.165, 1.54) is 0 Å². The van der Waals surface area contributed by atoms with E-state index < -0.39 is 11.7 Å². The number of carbonyl (C=O) groups excluding carboxylic acids is 2. The van der Waals surface area contributed by atoms with E-state index in [0.29, 0.717) is 0 Å². The zero-order chi connectivity index (χ0) is 14.0. The second-order valence-corrected chi connectivity index (χ2v) is 6.20. The Kier molecular flexibility index (Phi) is 3.87. The van der Waals surface area contributed by atoms with E-state index in [2.05, 4.69) is 10.6 Å². The molecule has 2 N–H and O–H groups in total. The van der Waals surface area contributed by atoms with E-state index in [1.807, 2.05) is 20.8 Å². The Labute approximate surface area is 113 Å². The molecule has 6 nitrogen and oxygen atoms in total. The molecule has 0 radical (unpaired) electrons. The molecular formula is C13H22N2O4. The van der Waals surface area contributed by atoms with E-state index in [-0.39, 0.29) is 24.3 Å². The van der Waals surface area contributed by atoms with Crippen LogP contribution in [-0.2, 0) is 9.47 Å². The normalized spacial score (nSPS) is 26.1. The highest BCUT2D eigenvalue weighted by molar-refractivity contribution is 5.71. The van der Waals surface area contributed by atoms with Crippen LogP contribution < -0.4 is 10.6 Å². The number of nitrogens with one attached hydrogen (secondary N) is 2. The Morgan fingerprint density at radius 2 is 1.63 bits per heavy atom. The van der Waals surface area contributed by atoms with Crippen LogP contribution in [0.1, 0.15) is 46.5 Å². The lowest BCUT2D eigenvalue weighted by Gasteiger charge is -2.25. The van der Waals surface area contributed by atoms with Crippen LogP contribution >= 0.6 is 0 Å². The van der Waals surface area contributed by atoms with Gasteiger partial charge < -0.3 is 20.1 Å². The smallest absolute Gasteiger partial charge is 0.407 e. The summed E-state index contributed by atoms with van der Waals surface area (Å²) in [6, 6.07) is -0.0936. The van der Waals surface area contributed by atoms with Crippen LogP contribution in [0.3, 0.4) is 0 Å². The van der Waals surface area contributed by atoms with Crippen molar-refractivity contribution in [2.45, 2.75) is 70.2 Å². The van der Waals surface area contributed by atoms with Crippen molar-refractivity contribution >= 4 is 12.2 Å². The highest BCUT2D eigenvalue weighted by Crippen LogP contribution is 2.24. The van der Waals surface area contributed by atoms with Gasteiger partial charge in [0.1, 0.15) is 11.7 Å². The summed E-state index contributed by atoms with van der Waals surface area (Å²) >= 11 is 0. The summed E-state index contributed by atoms with van der Waals surface area (Å²) in [7, 11) is 0. The molecule has 0 bridgehead atoms. The molecule has 2 rings (SSSR count). The minimum absolute atomic E-state index is 0.0416. The first-order chi connectivity index (χ1) is 8.83. The molecule has 0 aromatic carbocycles. The highest BCUT2D eigenvalue weighted by atomic mass is 16.6. The van der Waals surface area contributed by atoms with E-state index >= 15 is 0 Å². The molecule has 2 unspecified atom stereocenters. The van der Waals surface area contributed by atoms with Gasteiger partial charge in [0.05, 0.1) is 12.1 Å². The van der Waals surface area contributed by atoms with Crippen LogP contribution in [0.2, 0.25) is 0 Å². The maximum absolute atomic E-state index is 11.5. The molecule has 2 aliphatic rings. The molecule has 2 saturated carbocycles. The minimum Gasteiger partial charge on any atom is -0.446 e. The lowest BCUT2D eigenvalue weighted by molar-refractivity contribution is 0.0491. The number of alkyl carbamates (subject to hydrolysis) is 2. The summed E-state index contributed by atoms with van der Waals surface area (Å²) in [4.78, 5) is 23.0. The van der Waals surface area contributed by atoms with E-state index in [0.717, 1.165) is 25.7 Å². The summed E-state index contributed by atoms with van der Waals surface area (Å²) in [6.07, 6.45) is 3.01. The summed E-state index contributed by atoms with van der Waals surface area (Å²) < 4.78 is 10.3. The third kappa shape index (κ3) is 4.61. The molecule has 2 atom stereocenters. The quantitative estimate of drug-likeness (QED) is 0.821. The molecule has 0 aromatic heterocycles. The Hall–Kier alpha value is -1.46. The maximum atomic E-state index is 11.5. The van der Waals surface area contributed by atoms with Gasteiger partial charge in [-0.2, -0.15) is 0 Å². The van der Waals surface area contributed by atoms with Crippen LogP contribution in [-0.4, -0.2) is 36.0 Å². The predicted octanol–water partition coefficient (Wildman–Crippen LogP) is 1.93. The second-order valence-electron chi connectivity index (χ2n) is 6.20. The molecule has 2 aliphatic carbocycles. The molecule has 19 heavy (non-hydrogen) atoms. The molecule has 108 valence electrons. The third-order valence-corrected chi connectivity index (χ3v) is 3.12. The number of carbonyl (C=O) groups is 2. The first kappa shape index (κ1) is 14.0. The summed E-state index contributed by atoms with van der Waals surface area (Å²) in [5.74, 6) is 0. The molecule has 2 fully saturated rings. The van der Waals surface area contributed by atoms with Gasteiger partial charge in [-0.05, 0) is 46.5 Å². The Balaban J connectivity index is 1.61. The monoisotopic (exact) mass is 270 g/mol. The fourth-order valence-electron chi connectivity index (χ4n) is 1.80. The first-order valence-electron chi connectivity index (χ1n) is 6.80. The van der Waals surface area contributed by atoms with Crippen LogP contribution in [0.4, 0.5) is 9.59 Å². The van der Waals surface area contributed by atoms with Crippen LogP contribution in [0, 0.1) is 0 Å². The Bertz CT molecular complexity index is 360. The summed E-state index contributed by atoms with van der Waals surface area (Å²) in [6.45, 7) is 5.43. The topological polar surface area (TPSA) is 76.7 Å². The minimum atomic E-state index is -0.509. The fraction of sp³-hybridized carbons (Fsp3) is 0.846. The number of rotatable bonds is 3. The van der Waals surface area contributed by atoms with Crippen molar-refractivity contribution in [2.75, 3.05) is 0 Å². The SMILES string of the molecule is CC(C)(C)OC(=O)NC1CC1NC(=O)OC1CCC1. The average Bonchev–Trinajstić information content (AvgIpc) is 2.86. The van der Waals surface area contributed by atoms with Crippen molar-refractivity contribution in [1.82, 2.24) is 10.6 Å². The van der Waals surface area contributed by atoms with Gasteiger partial charge in [0.15, 0.2) is 0 Å². The fourth-order valence-corrected chi connectivity index (χ4v) is 1.80. The molecule has 0 saturated heterocycles. The van der Waals surface area contributed by atoms with Crippen molar-refractivity contribution in [3.8, 4) is 0 Å². The Morgan fingerprint density at radius 1 is 1.05 bits per heavy atom. The highest BCUT2D eigenvalue weighted by Gasteiger charge is 2.41. The van der Waals surface area contributed by atoms with Gasteiger partial charge >= 0.3 is 12.2 Å². The van der Waals surface area contributed by atoms with Gasteiger partial charge in [0.2, 0.25) is 0 Å². The molecule has 0 spiro atoms. The van der Waals surface area contributed by atoms with Gasteiger partial charge in [0, 0.05) is 0 Å². The summed E-state index contributed by atoms with van der Waals surface area (Å²) in [5, 5.41) is 5.46. The molecule has 0 aliphatic heterocycles. The molecule has 0 aromatic rings. The molecular weight excluding hydrogens is 248 g/mol. The maximum Gasteiger partial charge on any atom is 0.407 e. The van der Waals surface area contributed by atoms with Gasteiger partial charge in [-0.15, -0.1) is 0 Å². The second kappa shape index (κ2) is 5.27. The lowest BCUT2D eigenvalue weighted by atomic mass is 9.96. The van der Waals surface area contributed by atoms with Gasteiger partial charge in [-0.25, -0.2) is 9.59 Å². The van der Waals surface area contributed by atoms with E-state index in [9.17, 15) is 9.59 Å². The third-order valence-electron chi connectivity index (χ3n) is 3.12. The van der Waals surface area contributed by atoms with Crippen LogP contribution in [0.15, 0.2) is 0 Å². The van der Waals surface area contributed by atoms with Crippen molar-refractivity contribution in [3.05, 3.63) is 0 Å². The van der Waals surface area contributed by atoms with Gasteiger partial charge in [-0.3, -0.25) is 0 Å². The van der Waals surface area contributed by atoms with Gasteiger partial charge in [-0.1, -0.05) is 0 Å². The van der Waals surface area contributed by atoms with Crippen molar-refractivity contribution < 1.29 is 19.1 Å². The van der Waals surface area contributed by atoms with Crippen molar-refractivity contribution in [2.24, 2.45) is 0 Å². The van der Waals surface area contributed by atoms with Gasteiger partial charge in [0.25, 0.3) is 0 Å². The summed E-state index contributed by atoms with van der Waals surface area (Å²) in [5.41, 5.74) is -0.509. The molecule has 6 heteroatoms. The first-order valence-corrected chi connectivity index (χ1v) is 6.80. The number of ether oxygens (including phenoxy) is 2. The predicted molar refractivity (Wildman–Crippen MR) is 68.8 cm³/mol. The van der Waals surface area contributed by atoms with Crippen molar-refractivity contribution in [3.63, 3.8) is 0 Å². The van der Waals surface area contributed by atoms with E-state index in [4.69, 9.17) is 9.47 Å². The largest absolute Gasteiger partial charge is 0.446 e. The zero-order valence-corrected chi connectivity index (χ0v) is 11.7. The van der Waals surface area contributed by atoms with E-state index in [1.54, 1.807) is 0 Å². The zero-order valence-electron chi connectivity index (χ0n) is 11.7. The number of hydrogen-bond acceptors (Lipinski definition) is 4. The standard InChI is InChI=1S/C13H22N2O4/c1-13(2,3)19-12(17)15-10-7-9(10)14-11(16)18-8-5-4-6-8/h8-10H,4-7H2,1-3H3,(H,14,16)(H,15,17). The van der Waals surface area contributed by atoms with Crippen LogP contribution in [0.5, 0.6) is 0 Å². The number of hydrogen-bond donors (Lipinski definition) is 2. The molecule has 0 heterocycles.